The van der Waals surface area contributed by atoms with E-state index in [1.54, 1.807) is 0 Å². The largest absolute Gasteiger partial charge is 0.481 e. The number of aliphatic carboxylic acids is 1. The molecule has 1 atom stereocenters. The SMILES string of the molecule is CC(CC(=O)O)c1cccc2c1CCNC2.Cl. The van der Waals surface area contributed by atoms with E-state index in [0.29, 0.717) is 0 Å². The zero-order valence-electron chi connectivity index (χ0n) is 9.90. The van der Waals surface area contributed by atoms with Crippen molar-refractivity contribution in [2.75, 3.05) is 6.54 Å². The lowest BCUT2D eigenvalue weighted by Gasteiger charge is -2.22. The standard InChI is InChI=1S/C13H17NO2.ClH/c1-9(7-13(15)16)11-4-2-3-10-8-14-6-5-12(10)11;/h2-4,9,14H,5-8H2,1H3,(H,15,16);1H. The highest BCUT2D eigenvalue weighted by Gasteiger charge is 2.17. The van der Waals surface area contributed by atoms with Crippen LogP contribution >= 0.6 is 12.4 Å². The van der Waals surface area contributed by atoms with Gasteiger partial charge in [-0.15, -0.1) is 12.4 Å². The van der Waals surface area contributed by atoms with Crippen LogP contribution in [-0.2, 0) is 17.8 Å². The molecule has 0 spiro atoms. The third-order valence-corrected chi connectivity index (χ3v) is 3.19. The first-order chi connectivity index (χ1) is 7.68. The van der Waals surface area contributed by atoms with Crippen LogP contribution in [0.2, 0.25) is 0 Å². The number of halogens is 1. The molecule has 2 N–H and O–H groups in total. The third-order valence-electron chi connectivity index (χ3n) is 3.19. The number of rotatable bonds is 3. The van der Waals surface area contributed by atoms with Gasteiger partial charge in [0.2, 0.25) is 0 Å². The summed E-state index contributed by atoms with van der Waals surface area (Å²) in [5.41, 5.74) is 3.89. The average Bonchev–Trinajstić information content (AvgIpc) is 2.27. The Morgan fingerprint density at radius 2 is 2.29 bits per heavy atom. The number of carboxylic acid groups (broad SMARTS) is 1. The van der Waals surface area contributed by atoms with E-state index in [2.05, 4.69) is 17.4 Å². The molecule has 0 radical (unpaired) electrons. The normalized spacial score (nSPS) is 15.6. The summed E-state index contributed by atoms with van der Waals surface area (Å²) < 4.78 is 0. The van der Waals surface area contributed by atoms with E-state index in [9.17, 15) is 4.79 Å². The molecule has 1 aliphatic heterocycles. The molecule has 1 aromatic rings. The first kappa shape index (κ1) is 14.0. The zero-order chi connectivity index (χ0) is 11.5. The van der Waals surface area contributed by atoms with Crippen molar-refractivity contribution in [1.82, 2.24) is 5.32 Å². The maximum atomic E-state index is 10.7. The van der Waals surface area contributed by atoms with Crippen molar-refractivity contribution in [2.45, 2.75) is 32.2 Å². The average molecular weight is 256 g/mol. The molecule has 4 heteroatoms. The summed E-state index contributed by atoms with van der Waals surface area (Å²) >= 11 is 0. The summed E-state index contributed by atoms with van der Waals surface area (Å²) in [5, 5.41) is 12.2. The van der Waals surface area contributed by atoms with E-state index in [1.165, 1.54) is 16.7 Å². The lowest BCUT2D eigenvalue weighted by Crippen LogP contribution is -2.25. The Hall–Kier alpha value is -1.06. The number of hydrogen-bond acceptors (Lipinski definition) is 2. The van der Waals surface area contributed by atoms with E-state index in [4.69, 9.17) is 5.11 Å². The molecule has 94 valence electrons. The lowest BCUT2D eigenvalue weighted by atomic mass is 9.87. The Morgan fingerprint density at radius 1 is 1.53 bits per heavy atom. The lowest BCUT2D eigenvalue weighted by molar-refractivity contribution is -0.137. The Bertz CT molecular complexity index is 406. The molecule has 0 saturated carbocycles. The molecule has 0 bridgehead atoms. The highest BCUT2D eigenvalue weighted by Crippen LogP contribution is 2.27. The predicted molar refractivity (Wildman–Crippen MR) is 69.8 cm³/mol. The molecule has 0 aromatic heterocycles. The van der Waals surface area contributed by atoms with Crippen molar-refractivity contribution >= 4 is 18.4 Å². The molecule has 1 aliphatic rings. The van der Waals surface area contributed by atoms with Gasteiger partial charge < -0.3 is 10.4 Å². The van der Waals surface area contributed by atoms with Gasteiger partial charge in [0.1, 0.15) is 0 Å². The molecular formula is C13H18ClNO2. The number of carboxylic acids is 1. The van der Waals surface area contributed by atoms with Crippen LogP contribution in [0.5, 0.6) is 0 Å². The van der Waals surface area contributed by atoms with Gasteiger partial charge in [0.05, 0.1) is 6.42 Å². The maximum Gasteiger partial charge on any atom is 0.303 e. The van der Waals surface area contributed by atoms with Crippen molar-refractivity contribution < 1.29 is 9.90 Å². The van der Waals surface area contributed by atoms with E-state index < -0.39 is 5.97 Å². The second-order valence-electron chi connectivity index (χ2n) is 4.41. The summed E-state index contributed by atoms with van der Waals surface area (Å²) in [7, 11) is 0. The Kier molecular flexibility index (Phi) is 4.97. The van der Waals surface area contributed by atoms with E-state index in [1.807, 2.05) is 13.0 Å². The zero-order valence-corrected chi connectivity index (χ0v) is 10.7. The molecular weight excluding hydrogens is 238 g/mol. The van der Waals surface area contributed by atoms with Gasteiger partial charge in [0.25, 0.3) is 0 Å². The van der Waals surface area contributed by atoms with Crippen molar-refractivity contribution in [3.05, 3.63) is 34.9 Å². The van der Waals surface area contributed by atoms with Crippen LogP contribution in [-0.4, -0.2) is 17.6 Å². The fraction of sp³-hybridized carbons (Fsp3) is 0.462. The number of nitrogens with one attached hydrogen (secondary N) is 1. The first-order valence-corrected chi connectivity index (χ1v) is 5.71. The highest BCUT2D eigenvalue weighted by molar-refractivity contribution is 5.85. The second kappa shape index (κ2) is 6.03. The van der Waals surface area contributed by atoms with Crippen LogP contribution in [0.1, 0.15) is 36.0 Å². The van der Waals surface area contributed by atoms with Crippen LogP contribution in [0.15, 0.2) is 18.2 Å². The van der Waals surface area contributed by atoms with Crippen molar-refractivity contribution in [3.63, 3.8) is 0 Å². The van der Waals surface area contributed by atoms with E-state index in [0.717, 1.165) is 19.5 Å². The number of carbonyl (C=O) groups is 1. The molecule has 17 heavy (non-hydrogen) atoms. The fourth-order valence-electron chi connectivity index (χ4n) is 2.40. The second-order valence-corrected chi connectivity index (χ2v) is 4.41. The van der Waals surface area contributed by atoms with Gasteiger partial charge in [-0.3, -0.25) is 4.79 Å². The van der Waals surface area contributed by atoms with Crippen molar-refractivity contribution in [2.24, 2.45) is 0 Å². The third kappa shape index (κ3) is 3.20. The summed E-state index contributed by atoms with van der Waals surface area (Å²) in [6, 6.07) is 6.22. The molecule has 0 saturated heterocycles. The smallest absolute Gasteiger partial charge is 0.303 e. The first-order valence-electron chi connectivity index (χ1n) is 5.71. The number of hydrogen-bond donors (Lipinski definition) is 2. The highest BCUT2D eigenvalue weighted by atomic mass is 35.5. The topological polar surface area (TPSA) is 49.3 Å². The Labute approximate surface area is 108 Å². The summed E-state index contributed by atoms with van der Waals surface area (Å²) in [4.78, 5) is 10.7. The van der Waals surface area contributed by atoms with Crippen LogP contribution in [0.4, 0.5) is 0 Å². The van der Waals surface area contributed by atoms with E-state index in [-0.39, 0.29) is 24.7 Å². The summed E-state index contributed by atoms with van der Waals surface area (Å²) in [5.74, 6) is -0.621. The van der Waals surface area contributed by atoms with Crippen LogP contribution in [0.25, 0.3) is 0 Å². The minimum atomic E-state index is -0.723. The van der Waals surface area contributed by atoms with E-state index >= 15 is 0 Å². The van der Waals surface area contributed by atoms with Crippen molar-refractivity contribution in [1.29, 1.82) is 0 Å². The van der Waals surface area contributed by atoms with Gasteiger partial charge in [-0.2, -0.15) is 0 Å². The summed E-state index contributed by atoms with van der Waals surface area (Å²) in [6.07, 6.45) is 1.22. The van der Waals surface area contributed by atoms with Gasteiger partial charge in [0.15, 0.2) is 0 Å². The molecule has 0 fully saturated rings. The molecule has 2 rings (SSSR count). The van der Waals surface area contributed by atoms with Gasteiger partial charge in [-0.1, -0.05) is 25.1 Å². The molecule has 0 aliphatic carbocycles. The molecule has 3 nitrogen and oxygen atoms in total. The number of benzene rings is 1. The molecule has 1 aromatic carbocycles. The van der Waals surface area contributed by atoms with Gasteiger partial charge in [0, 0.05) is 6.54 Å². The van der Waals surface area contributed by atoms with Gasteiger partial charge in [-0.05, 0) is 35.6 Å². The Balaban J connectivity index is 0.00000144. The van der Waals surface area contributed by atoms with Crippen LogP contribution < -0.4 is 5.32 Å². The number of fused-ring (bicyclic) bond motifs is 1. The fourth-order valence-corrected chi connectivity index (χ4v) is 2.40. The minimum Gasteiger partial charge on any atom is -0.481 e. The molecule has 0 amide bonds. The predicted octanol–water partition coefficient (Wildman–Crippen LogP) is 2.33. The summed E-state index contributed by atoms with van der Waals surface area (Å²) in [6.45, 7) is 3.89. The molecule has 1 heterocycles. The quantitative estimate of drug-likeness (QED) is 0.872. The van der Waals surface area contributed by atoms with Crippen LogP contribution in [0, 0.1) is 0 Å². The maximum absolute atomic E-state index is 10.7. The van der Waals surface area contributed by atoms with Gasteiger partial charge >= 0.3 is 5.97 Å². The van der Waals surface area contributed by atoms with Crippen molar-refractivity contribution in [3.8, 4) is 0 Å². The monoisotopic (exact) mass is 255 g/mol. The Morgan fingerprint density at radius 3 is 3.00 bits per heavy atom. The molecule has 1 unspecified atom stereocenters. The van der Waals surface area contributed by atoms with Gasteiger partial charge in [-0.25, -0.2) is 0 Å². The minimum absolute atomic E-state index is 0. The van der Waals surface area contributed by atoms with Crippen LogP contribution in [0.3, 0.4) is 0 Å².